The van der Waals surface area contributed by atoms with Gasteiger partial charge in [-0.1, -0.05) is 12.8 Å². The quantitative estimate of drug-likeness (QED) is 0.735. The molecule has 17 heavy (non-hydrogen) atoms. The fourth-order valence-electron chi connectivity index (χ4n) is 1.91. The molecule has 100 valence electrons. The summed E-state index contributed by atoms with van der Waals surface area (Å²) in [4.78, 5) is 11.0. The molecule has 1 rings (SSSR count). The summed E-state index contributed by atoms with van der Waals surface area (Å²) in [6.45, 7) is 0.635. The second-order valence-electron chi connectivity index (χ2n) is 3.95. The lowest BCUT2D eigenvalue weighted by Gasteiger charge is -2.27. The highest BCUT2D eigenvalue weighted by molar-refractivity contribution is 7.87. The van der Waals surface area contributed by atoms with Gasteiger partial charge in [-0.15, -0.1) is 0 Å². The van der Waals surface area contributed by atoms with Crippen molar-refractivity contribution in [2.45, 2.75) is 31.7 Å². The lowest BCUT2D eigenvalue weighted by Crippen LogP contribution is -2.50. The molecule has 0 radical (unpaired) electrons. The smallest absolute Gasteiger partial charge is 0.421 e. The first-order valence-electron chi connectivity index (χ1n) is 5.59. The van der Waals surface area contributed by atoms with Crippen molar-refractivity contribution in [1.29, 1.82) is 0 Å². The summed E-state index contributed by atoms with van der Waals surface area (Å²) in [7, 11) is -2.73. The van der Waals surface area contributed by atoms with Crippen molar-refractivity contribution in [3.8, 4) is 0 Å². The molecular weight excluding hydrogens is 246 g/mol. The number of nitrogens with zero attached hydrogens (tertiary/aromatic N) is 1. The van der Waals surface area contributed by atoms with Crippen LogP contribution in [0.4, 0.5) is 4.79 Å². The molecule has 1 unspecified atom stereocenters. The molecule has 8 heteroatoms. The maximum Gasteiger partial charge on any atom is 0.421 e. The van der Waals surface area contributed by atoms with Crippen LogP contribution in [0, 0.1) is 0 Å². The minimum atomic E-state index is -3.85. The number of nitrogens with one attached hydrogen (secondary N) is 1. The Hall–Kier alpha value is -0.860. The van der Waals surface area contributed by atoms with Gasteiger partial charge in [0.25, 0.3) is 0 Å². The molecule has 7 nitrogen and oxygen atoms in total. The molecule has 1 aliphatic heterocycles. The molecule has 1 saturated heterocycles. The van der Waals surface area contributed by atoms with Crippen LogP contribution in [0.2, 0.25) is 0 Å². The SMILES string of the molecule is COC(=O)NS(=O)(=O)N1CCCCCC1CN. The number of rotatable bonds is 3. The molecule has 0 aromatic carbocycles. The van der Waals surface area contributed by atoms with Crippen LogP contribution in [-0.2, 0) is 14.9 Å². The molecule has 0 bridgehead atoms. The van der Waals surface area contributed by atoms with E-state index in [2.05, 4.69) is 4.74 Å². The van der Waals surface area contributed by atoms with Gasteiger partial charge >= 0.3 is 16.3 Å². The number of hydrogen-bond donors (Lipinski definition) is 2. The third kappa shape index (κ3) is 3.83. The molecule has 0 aliphatic carbocycles. The second-order valence-corrected chi connectivity index (χ2v) is 5.57. The summed E-state index contributed by atoms with van der Waals surface area (Å²) in [6, 6.07) is -0.250. The Bertz CT molecular complexity index is 357. The van der Waals surface area contributed by atoms with E-state index in [1.165, 1.54) is 4.31 Å². The third-order valence-corrected chi connectivity index (χ3v) is 4.32. The van der Waals surface area contributed by atoms with Crippen molar-refractivity contribution in [1.82, 2.24) is 9.03 Å². The summed E-state index contributed by atoms with van der Waals surface area (Å²) in [5.74, 6) is 0. The lowest BCUT2D eigenvalue weighted by molar-refractivity contribution is 0.176. The monoisotopic (exact) mass is 265 g/mol. The molecular formula is C9H19N3O4S. The molecule has 0 aromatic heterocycles. The predicted octanol–water partition coefficient (Wildman–Crippen LogP) is -0.209. The molecule has 1 fully saturated rings. The van der Waals surface area contributed by atoms with Crippen LogP contribution in [0.1, 0.15) is 25.7 Å². The van der Waals surface area contributed by atoms with Crippen LogP contribution < -0.4 is 10.5 Å². The molecule has 0 saturated carbocycles. The van der Waals surface area contributed by atoms with E-state index in [0.717, 1.165) is 32.8 Å². The van der Waals surface area contributed by atoms with Gasteiger partial charge in [0.2, 0.25) is 0 Å². The van der Waals surface area contributed by atoms with E-state index in [-0.39, 0.29) is 12.6 Å². The predicted molar refractivity (Wildman–Crippen MR) is 62.5 cm³/mol. The Morgan fingerprint density at radius 2 is 2.18 bits per heavy atom. The van der Waals surface area contributed by atoms with Gasteiger partial charge < -0.3 is 10.5 Å². The fourth-order valence-corrected chi connectivity index (χ4v) is 3.27. The van der Waals surface area contributed by atoms with Crippen LogP contribution in [-0.4, -0.2) is 45.1 Å². The maximum atomic E-state index is 11.9. The van der Waals surface area contributed by atoms with Crippen molar-refractivity contribution in [3.05, 3.63) is 0 Å². The van der Waals surface area contributed by atoms with Gasteiger partial charge in [0.15, 0.2) is 0 Å². The van der Waals surface area contributed by atoms with Crippen LogP contribution >= 0.6 is 0 Å². The Morgan fingerprint density at radius 1 is 1.47 bits per heavy atom. The first kappa shape index (κ1) is 14.2. The summed E-state index contributed by atoms with van der Waals surface area (Å²) < 4.78 is 31.3. The molecule has 1 amide bonds. The number of carbonyl (C=O) groups excluding carboxylic acids is 1. The molecule has 3 N–H and O–H groups in total. The number of amides is 1. The van der Waals surface area contributed by atoms with Gasteiger partial charge in [0, 0.05) is 19.1 Å². The van der Waals surface area contributed by atoms with E-state index in [0.29, 0.717) is 6.54 Å². The van der Waals surface area contributed by atoms with Crippen LogP contribution in [0.5, 0.6) is 0 Å². The van der Waals surface area contributed by atoms with E-state index in [4.69, 9.17) is 5.73 Å². The van der Waals surface area contributed by atoms with Gasteiger partial charge in [0.1, 0.15) is 0 Å². The number of hydrogen-bond acceptors (Lipinski definition) is 5. The van der Waals surface area contributed by atoms with Crippen molar-refractivity contribution in [2.24, 2.45) is 5.73 Å². The van der Waals surface area contributed by atoms with Gasteiger partial charge in [-0.2, -0.15) is 12.7 Å². The fraction of sp³-hybridized carbons (Fsp3) is 0.889. The Balaban J connectivity index is 2.82. The van der Waals surface area contributed by atoms with E-state index in [9.17, 15) is 13.2 Å². The second kappa shape index (κ2) is 6.18. The summed E-state index contributed by atoms with van der Waals surface area (Å²) in [5.41, 5.74) is 5.57. The topological polar surface area (TPSA) is 102 Å². The van der Waals surface area contributed by atoms with Gasteiger partial charge in [0.05, 0.1) is 7.11 Å². The largest absolute Gasteiger partial charge is 0.452 e. The van der Waals surface area contributed by atoms with E-state index in [1.54, 1.807) is 0 Å². The summed E-state index contributed by atoms with van der Waals surface area (Å²) in [5, 5.41) is 0. The zero-order valence-electron chi connectivity index (χ0n) is 9.89. The normalized spacial score (nSPS) is 22.8. The van der Waals surface area contributed by atoms with Crippen molar-refractivity contribution >= 4 is 16.3 Å². The van der Waals surface area contributed by atoms with E-state index in [1.807, 2.05) is 4.72 Å². The molecule has 0 aromatic rings. The Morgan fingerprint density at radius 3 is 2.76 bits per heavy atom. The van der Waals surface area contributed by atoms with Crippen molar-refractivity contribution in [3.63, 3.8) is 0 Å². The average molecular weight is 265 g/mol. The van der Waals surface area contributed by atoms with Crippen LogP contribution in [0.15, 0.2) is 0 Å². The number of ether oxygens (including phenoxy) is 1. The first-order chi connectivity index (χ1) is 8.01. The first-order valence-corrected chi connectivity index (χ1v) is 7.03. The zero-order chi connectivity index (χ0) is 12.9. The van der Waals surface area contributed by atoms with Gasteiger partial charge in [-0.05, 0) is 12.8 Å². The maximum absolute atomic E-state index is 11.9. The van der Waals surface area contributed by atoms with E-state index >= 15 is 0 Å². The van der Waals surface area contributed by atoms with Crippen molar-refractivity contribution < 1.29 is 17.9 Å². The highest BCUT2D eigenvalue weighted by atomic mass is 32.2. The molecule has 1 atom stereocenters. The molecule has 1 aliphatic rings. The van der Waals surface area contributed by atoms with Crippen LogP contribution in [0.25, 0.3) is 0 Å². The van der Waals surface area contributed by atoms with Gasteiger partial charge in [-0.25, -0.2) is 9.52 Å². The standard InChI is InChI=1S/C9H19N3O4S/c1-16-9(13)11-17(14,15)12-6-4-2-3-5-8(12)7-10/h8H,2-7,10H2,1H3,(H,11,13). The average Bonchev–Trinajstić information content (AvgIpc) is 2.53. The van der Waals surface area contributed by atoms with Crippen molar-refractivity contribution in [2.75, 3.05) is 20.2 Å². The Kier molecular flexibility index (Phi) is 5.16. The zero-order valence-corrected chi connectivity index (χ0v) is 10.7. The molecule has 1 heterocycles. The van der Waals surface area contributed by atoms with Crippen LogP contribution in [0.3, 0.4) is 0 Å². The highest BCUT2D eigenvalue weighted by Gasteiger charge is 2.31. The van der Waals surface area contributed by atoms with Gasteiger partial charge in [-0.3, -0.25) is 0 Å². The summed E-state index contributed by atoms with van der Waals surface area (Å²) >= 11 is 0. The number of methoxy groups -OCH3 is 1. The highest BCUT2D eigenvalue weighted by Crippen LogP contribution is 2.18. The number of nitrogens with two attached hydrogens (primary N) is 1. The lowest BCUT2D eigenvalue weighted by atomic mass is 10.1. The molecule has 0 spiro atoms. The minimum absolute atomic E-state index is 0.250. The number of carbonyl (C=O) groups is 1. The van der Waals surface area contributed by atoms with E-state index < -0.39 is 16.3 Å². The summed E-state index contributed by atoms with van der Waals surface area (Å²) in [6.07, 6.45) is 2.44. The minimum Gasteiger partial charge on any atom is -0.452 e. The third-order valence-electron chi connectivity index (χ3n) is 2.80. The Labute approximate surface area is 101 Å².